The Labute approximate surface area is 224 Å². The first-order valence-corrected chi connectivity index (χ1v) is 12.4. The number of aliphatic imine (C=N–C) groups is 2. The summed E-state index contributed by atoms with van der Waals surface area (Å²) in [6.07, 6.45) is 5.22. The van der Waals surface area contributed by atoms with Crippen molar-refractivity contribution in [2.24, 2.45) is 15.9 Å². The number of aryl methyl sites for hydroxylation is 1. The Kier molecular flexibility index (Phi) is 8.39. The number of hydrogen-bond donors (Lipinski definition) is 3. The molecule has 0 saturated heterocycles. The van der Waals surface area contributed by atoms with E-state index < -0.39 is 29.9 Å². The molecule has 1 saturated carbocycles. The van der Waals surface area contributed by atoms with Crippen LogP contribution in [0, 0.1) is 30.0 Å². The van der Waals surface area contributed by atoms with E-state index >= 15 is 0 Å². The van der Waals surface area contributed by atoms with Crippen LogP contribution in [-0.4, -0.2) is 65.2 Å². The molecule has 3 heterocycles. The summed E-state index contributed by atoms with van der Waals surface area (Å²) in [7, 11) is 0. The minimum Gasteiger partial charge on any atom is -0.393 e. The molecule has 3 N–H and O–H groups in total. The third-order valence-corrected chi connectivity index (χ3v) is 5.82. The number of halogens is 1. The molecule has 0 aromatic carbocycles. The Balaban J connectivity index is 1.64. The standard InChI is InChI=1S/C26H30FN9O3/c1-15-22(36-31-7-8-32-36)11-18(14-29-15)33-23-16(12-28)10-20(27)24(35-23)34-21-6-5-19(37)9-17(21)13-30-25(38)39-26(2,3)4/h7-8,10-11,13-14,17,19,25,37-38H,5-6,9H2,1-4H3,(H,33,35)/t17?,19-,25?/m1/s1. The van der Waals surface area contributed by atoms with Crippen LogP contribution in [0.1, 0.15) is 51.3 Å². The van der Waals surface area contributed by atoms with Gasteiger partial charge in [0.05, 0.1) is 47.2 Å². The highest BCUT2D eigenvalue weighted by Crippen LogP contribution is 2.29. The number of nitriles is 1. The Bertz CT molecular complexity index is 1410. The maximum absolute atomic E-state index is 15.0. The molecule has 3 aromatic rings. The number of hydrogen-bond acceptors (Lipinski definition) is 11. The van der Waals surface area contributed by atoms with Gasteiger partial charge in [-0.05, 0) is 59.1 Å². The van der Waals surface area contributed by atoms with Crippen molar-refractivity contribution in [1.82, 2.24) is 25.0 Å². The minimum absolute atomic E-state index is 0.0181. The highest BCUT2D eigenvalue weighted by atomic mass is 19.1. The molecule has 1 fully saturated rings. The highest BCUT2D eigenvalue weighted by molar-refractivity contribution is 6.00. The van der Waals surface area contributed by atoms with E-state index in [1.54, 1.807) is 45.4 Å². The molecular formula is C26H30FN9O3. The summed E-state index contributed by atoms with van der Waals surface area (Å²) in [5.74, 6) is -1.36. The second kappa shape index (κ2) is 11.7. The van der Waals surface area contributed by atoms with E-state index in [0.29, 0.717) is 42.0 Å². The average molecular weight is 536 g/mol. The van der Waals surface area contributed by atoms with Crippen LogP contribution in [-0.2, 0) is 4.74 Å². The maximum atomic E-state index is 15.0. The van der Waals surface area contributed by atoms with Crippen LogP contribution in [0.5, 0.6) is 0 Å². The summed E-state index contributed by atoms with van der Waals surface area (Å²) in [6.45, 7) is 7.17. The first-order valence-electron chi connectivity index (χ1n) is 12.4. The van der Waals surface area contributed by atoms with Crippen LogP contribution in [0.2, 0.25) is 0 Å². The van der Waals surface area contributed by atoms with Crippen LogP contribution >= 0.6 is 0 Å². The Morgan fingerprint density at radius 3 is 2.74 bits per heavy atom. The molecule has 13 heteroatoms. The van der Waals surface area contributed by atoms with Gasteiger partial charge >= 0.3 is 0 Å². The van der Waals surface area contributed by atoms with E-state index in [2.05, 4.69) is 35.5 Å². The molecule has 4 rings (SSSR count). The van der Waals surface area contributed by atoms with Crippen LogP contribution in [0.3, 0.4) is 0 Å². The maximum Gasteiger partial charge on any atom is 0.255 e. The lowest BCUT2D eigenvalue weighted by molar-refractivity contribution is -0.159. The summed E-state index contributed by atoms with van der Waals surface area (Å²) in [5, 5.41) is 41.2. The van der Waals surface area contributed by atoms with Crippen molar-refractivity contribution in [1.29, 1.82) is 5.26 Å². The van der Waals surface area contributed by atoms with Gasteiger partial charge in [-0.2, -0.15) is 15.5 Å². The molecule has 2 unspecified atom stereocenters. The molecule has 12 nitrogen and oxygen atoms in total. The zero-order valence-corrected chi connectivity index (χ0v) is 22.1. The third-order valence-electron chi connectivity index (χ3n) is 5.82. The molecule has 1 aliphatic rings. The van der Waals surface area contributed by atoms with Crippen molar-refractivity contribution in [3.05, 3.63) is 47.8 Å². The van der Waals surface area contributed by atoms with Crippen molar-refractivity contribution in [3.8, 4) is 11.8 Å². The molecular weight excluding hydrogens is 505 g/mol. The van der Waals surface area contributed by atoms with Gasteiger partial charge in [0.2, 0.25) is 0 Å². The van der Waals surface area contributed by atoms with E-state index in [-0.39, 0.29) is 17.2 Å². The van der Waals surface area contributed by atoms with E-state index in [9.17, 15) is 19.9 Å². The normalized spacial score (nSPS) is 19.8. The van der Waals surface area contributed by atoms with E-state index in [4.69, 9.17) is 4.74 Å². The van der Waals surface area contributed by atoms with Crippen LogP contribution in [0.15, 0.2) is 40.7 Å². The number of nitrogens with zero attached hydrogens (tertiary/aromatic N) is 8. The van der Waals surface area contributed by atoms with E-state index in [1.165, 1.54) is 11.0 Å². The van der Waals surface area contributed by atoms with Gasteiger partial charge in [-0.25, -0.2) is 19.4 Å². The number of ether oxygens (including phenoxy) is 1. The molecule has 0 spiro atoms. The van der Waals surface area contributed by atoms with Crippen molar-refractivity contribution >= 4 is 29.2 Å². The van der Waals surface area contributed by atoms with Crippen molar-refractivity contribution < 1.29 is 19.3 Å². The van der Waals surface area contributed by atoms with Gasteiger partial charge < -0.3 is 20.3 Å². The first-order chi connectivity index (χ1) is 18.5. The molecule has 39 heavy (non-hydrogen) atoms. The first kappa shape index (κ1) is 27.9. The largest absolute Gasteiger partial charge is 0.393 e. The zero-order valence-electron chi connectivity index (χ0n) is 22.1. The Morgan fingerprint density at radius 2 is 2.05 bits per heavy atom. The third kappa shape index (κ3) is 7.26. The summed E-state index contributed by atoms with van der Waals surface area (Å²) >= 11 is 0. The molecule has 0 aliphatic heterocycles. The smallest absolute Gasteiger partial charge is 0.255 e. The monoisotopic (exact) mass is 535 g/mol. The fourth-order valence-corrected chi connectivity index (χ4v) is 4.00. The number of aliphatic hydroxyl groups is 2. The second-order valence-corrected chi connectivity index (χ2v) is 10.1. The van der Waals surface area contributed by atoms with Gasteiger partial charge in [-0.3, -0.25) is 4.98 Å². The molecule has 1 aliphatic carbocycles. The predicted molar refractivity (Wildman–Crippen MR) is 142 cm³/mol. The predicted octanol–water partition coefficient (Wildman–Crippen LogP) is 3.52. The fourth-order valence-electron chi connectivity index (χ4n) is 4.00. The summed E-state index contributed by atoms with van der Waals surface area (Å²) < 4.78 is 20.4. The number of nitrogens with one attached hydrogen (secondary N) is 1. The number of rotatable bonds is 7. The van der Waals surface area contributed by atoms with Gasteiger partial charge in [0.1, 0.15) is 11.8 Å². The Morgan fingerprint density at radius 1 is 1.31 bits per heavy atom. The zero-order chi connectivity index (χ0) is 28.2. The molecule has 0 bridgehead atoms. The number of anilines is 2. The number of aromatic nitrogens is 5. The van der Waals surface area contributed by atoms with Crippen LogP contribution in [0.4, 0.5) is 21.7 Å². The summed E-state index contributed by atoms with van der Waals surface area (Å²) in [6, 6.07) is 4.75. The summed E-state index contributed by atoms with van der Waals surface area (Å²) in [5.41, 5.74) is 1.70. The van der Waals surface area contributed by atoms with Crippen molar-refractivity contribution in [2.75, 3.05) is 5.32 Å². The van der Waals surface area contributed by atoms with Gasteiger partial charge in [0.25, 0.3) is 6.41 Å². The van der Waals surface area contributed by atoms with Gasteiger partial charge in [-0.1, -0.05) is 0 Å². The summed E-state index contributed by atoms with van der Waals surface area (Å²) in [4.78, 5) is 18.6. The van der Waals surface area contributed by atoms with Crippen molar-refractivity contribution in [3.63, 3.8) is 0 Å². The van der Waals surface area contributed by atoms with Gasteiger partial charge in [0, 0.05) is 17.8 Å². The topological polar surface area (TPSA) is 167 Å². The lowest BCUT2D eigenvalue weighted by atomic mass is 9.86. The minimum atomic E-state index is -1.39. The Hall–Kier alpha value is -4.12. The van der Waals surface area contributed by atoms with E-state index in [0.717, 1.165) is 6.07 Å². The number of aliphatic hydroxyl groups excluding tert-OH is 2. The molecule has 204 valence electrons. The number of pyridine rings is 2. The average Bonchev–Trinajstić information content (AvgIpc) is 3.40. The molecule has 3 aromatic heterocycles. The lowest BCUT2D eigenvalue weighted by Gasteiger charge is -2.26. The van der Waals surface area contributed by atoms with Gasteiger partial charge in [0.15, 0.2) is 17.5 Å². The SMILES string of the molecule is Cc1ncc(Nc2nc(N=C3CC[C@@H](O)CC3C=NC(O)OC(C)(C)C)c(F)cc2C#N)cc1-n1nccn1. The van der Waals surface area contributed by atoms with E-state index in [1.807, 2.05) is 13.0 Å². The lowest BCUT2D eigenvalue weighted by Crippen LogP contribution is -2.30. The molecule has 0 radical (unpaired) electrons. The van der Waals surface area contributed by atoms with Crippen molar-refractivity contribution in [2.45, 2.75) is 65.1 Å². The quantitative estimate of drug-likeness (QED) is 0.303. The molecule has 0 amide bonds. The second-order valence-electron chi connectivity index (χ2n) is 10.1. The highest BCUT2D eigenvalue weighted by Gasteiger charge is 2.26. The molecule has 3 atom stereocenters. The van der Waals surface area contributed by atoms with Crippen LogP contribution < -0.4 is 5.32 Å². The van der Waals surface area contributed by atoms with Crippen LogP contribution in [0.25, 0.3) is 5.69 Å². The van der Waals surface area contributed by atoms with Gasteiger partial charge in [-0.15, -0.1) is 4.80 Å². The fraction of sp³-hybridized carbons (Fsp3) is 0.423.